The summed E-state index contributed by atoms with van der Waals surface area (Å²) < 4.78 is 6.06. The van der Waals surface area contributed by atoms with Crippen LogP contribution in [0, 0.1) is 0 Å². The maximum absolute atomic E-state index is 9.22. The van der Waals surface area contributed by atoms with Gasteiger partial charge in [0.15, 0.2) is 0 Å². The van der Waals surface area contributed by atoms with E-state index in [2.05, 4.69) is 0 Å². The van der Waals surface area contributed by atoms with Crippen LogP contribution in [0.25, 0.3) is 0 Å². The molecular weight excluding hydrogens is 101 g/mol. The summed E-state index contributed by atoms with van der Waals surface area (Å²) in [6, 6.07) is 0. The quantitative estimate of drug-likeness (QED) is 0.235. The minimum atomic E-state index is -1.70. The van der Waals surface area contributed by atoms with Crippen molar-refractivity contribution < 1.29 is 34.5 Å². The van der Waals surface area contributed by atoms with Crippen LogP contribution < -0.4 is 34.5 Å². The van der Waals surface area contributed by atoms with Crippen LogP contribution in [0.5, 0.6) is 0 Å². The van der Waals surface area contributed by atoms with Gasteiger partial charge in [-0.3, -0.25) is 0 Å². The van der Waals surface area contributed by atoms with Gasteiger partial charge in [-0.2, -0.15) is 0 Å². The molecule has 0 aliphatic heterocycles. The van der Waals surface area contributed by atoms with E-state index in [4.69, 9.17) is 1.28 Å². The third-order valence-corrected chi connectivity index (χ3v) is 0. The Balaban J connectivity index is 0. The van der Waals surface area contributed by atoms with Crippen molar-refractivity contribution in [1.82, 2.24) is 0 Å². The van der Waals surface area contributed by atoms with Gasteiger partial charge in [0, 0.05) is 1.28 Å². The van der Waals surface area contributed by atoms with Crippen LogP contribution in [-0.2, 0) is 0 Å². The van der Waals surface area contributed by atoms with E-state index in [1.54, 1.807) is 0 Å². The van der Waals surface area contributed by atoms with Crippen molar-refractivity contribution in [3.05, 3.63) is 0 Å². The summed E-state index contributed by atoms with van der Waals surface area (Å²) >= 11 is 0. The second-order valence-corrected chi connectivity index (χ2v) is 0.949. The Kier molecular flexibility index (Phi) is 12.9. The first-order chi connectivity index (χ1) is 1.73. The Bertz CT molecular complexity index is 14.4. The van der Waals surface area contributed by atoms with Crippen molar-refractivity contribution in [2.24, 2.45) is 0 Å². The normalized spacial score (nSPS) is 16.0. The predicted molar refractivity (Wildman–Crippen MR) is 18.0 cm³/mol. The molecule has 0 heterocycles. The Morgan fingerprint density at radius 3 is 2.25 bits per heavy atom. The van der Waals surface area contributed by atoms with Crippen LogP contribution in [0.15, 0.2) is 0 Å². The Morgan fingerprint density at radius 1 is 2.25 bits per heavy atom. The molecule has 0 N–H and O–H groups in total. The molecule has 2 unspecified atom stereocenters. The zero-order valence-corrected chi connectivity index (χ0v) is 6.48. The van der Waals surface area contributed by atoms with E-state index in [0.717, 1.165) is 0 Å². The van der Waals surface area contributed by atoms with Crippen LogP contribution in [0.2, 0.25) is 0 Å². The molecule has 0 radical (unpaired) electrons. The van der Waals surface area contributed by atoms with Crippen molar-refractivity contribution in [1.29, 1.82) is 1.28 Å². The molecule has 1 nitrogen and oxygen atoms in total. The molecule has 0 aliphatic carbocycles. The Hall–Kier alpha value is 1.82. The number of hydrogen-bond acceptors (Lipinski definition) is 1. The van der Waals surface area contributed by atoms with Gasteiger partial charge in [-0.25, -0.2) is 8.44 Å². The molecule has 0 saturated heterocycles. The van der Waals surface area contributed by atoms with E-state index >= 15 is 0 Å². The third-order valence-electron chi connectivity index (χ3n) is 0. The van der Waals surface area contributed by atoms with Gasteiger partial charge < -0.3 is 4.89 Å². The fourth-order valence-electron chi connectivity index (χ4n) is 0. The van der Waals surface area contributed by atoms with Gasteiger partial charge >= 0.3 is 29.6 Å². The molecule has 0 rings (SSSR count). The first-order valence-electron chi connectivity index (χ1n) is 0.888. The van der Waals surface area contributed by atoms with Crippen molar-refractivity contribution in [2.75, 3.05) is 0 Å². The third kappa shape index (κ3) is 9.17. The van der Waals surface area contributed by atoms with Gasteiger partial charge in [0.2, 0.25) is 0 Å². The molecule has 0 aromatic carbocycles. The van der Waals surface area contributed by atoms with Crippen LogP contribution in [0.3, 0.4) is 0 Å². The summed E-state index contributed by atoms with van der Waals surface area (Å²) in [5, 5.41) is 0. The molecule has 0 amide bonds. The molecule has 0 aliphatic rings. The smallest absolute Gasteiger partial charge is 0.829 e. The average molecular weight is 106 g/mol. The number of rotatable bonds is 0. The van der Waals surface area contributed by atoms with Crippen LogP contribution in [0.1, 0.15) is 0 Å². The van der Waals surface area contributed by atoms with E-state index in [1.807, 2.05) is 8.93 Å². The van der Waals surface area contributed by atoms with E-state index < -0.39 is 8.44 Å². The van der Waals surface area contributed by atoms with Crippen LogP contribution in [-0.4, -0.2) is 1.28 Å². The molecule has 0 aromatic rings. The molecule has 20 valence electrons. The molecule has 0 bridgehead atoms. The van der Waals surface area contributed by atoms with Gasteiger partial charge in [0.1, 0.15) is 0 Å². The van der Waals surface area contributed by atoms with Gasteiger partial charge in [-0.05, 0) is 0 Å². The van der Waals surface area contributed by atoms with Gasteiger partial charge in [0.25, 0.3) is 0 Å². The largest absolute Gasteiger partial charge is 1.00 e. The molecule has 0 saturated carbocycles. The second kappa shape index (κ2) is 8.84. The molecule has 0 fully saturated rings. The van der Waals surface area contributed by atoms with E-state index in [1.165, 1.54) is 0 Å². The fourth-order valence-corrected chi connectivity index (χ4v) is 0. The van der Waals surface area contributed by atoms with Crippen LogP contribution in [0.4, 0.5) is 0 Å². The van der Waals surface area contributed by atoms with Gasteiger partial charge in [-0.15, -0.1) is 8.93 Å². The first kappa shape index (κ1) is 5.82. The van der Waals surface area contributed by atoms with E-state index in [9.17, 15) is 4.89 Å². The second-order valence-electron chi connectivity index (χ2n) is 0.105. The molecule has 4 heavy (non-hydrogen) atoms. The molecule has 4 heteroatoms. The molecule has 0 aromatic heterocycles. The minimum Gasteiger partial charge on any atom is -0.829 e. The minimum absolute atomic E-state index is 0. The summed E-state index contributed by atoms with van der Waals surface area (Å²) in [5.74, 6) is 0. The fraction of sp³-hybridized carbons (Fsp3) is 0. The monoisotopic (exact) mass is 106 g/mol. The Labute approximate surface area is 53.1 Å². The molecule has 2 atom stereocenters. The summed E-state index contributed by atoms with van der Waals surface area (Å²) in [6.45, 7) is 0. The summed E-state index contributed by atoms with van der Waals surface area (Å²) in [6.07, 6.45) is 0. The summed E-state index contributed by atoms with van der Waals surface area (Å²) in [5.41, 5.74) is 0. The zero-order valence-electron chi connectivity index (χ0n) is 3.43. The average Bonchev–Trinajstić information content (AvgIpc) is 0.811. The van der Waals surface area contributed by atoms with E-state index in [-0.39, 0.29) is 29.6 Å². The van der Waals surface area contributed by atoms with Gasteiger partial charge in [0.05, 0.1) is 0 Å². The van der Waals surface area contributed by atoms with Crippen molar-refractivity contribution in [2.45, 2.75) is 0 Å². The van der Waals surface area contributed by atoms with Crippen molar-refractivity contribution in [3.63, 3.8) is 0 Å². The van der Waals surface area contributed by atoms with Crippen molar-refractivity contribution >= 4 is 17.4 Å². The van der Waals surface area contributed by atoms with E-state index in [0.29, 0.717) is 0 Å². The number of hydrogen-bond donors (Lipinski definition) is 0. The maximum atomic E-state index is 9.22. The van der Waals surface area contributed by atoms with Crippen molar-refractivity contribution in [3.8, 4) is 0 Å². The van der Waals surface area contributed by atoms with Gasteiger partial charge in [-0.1, -0.05) is 0 Å². The SMILES string of the molecule is [3H]P([O-])P.[Na+]. The Morgan fingerprint density at radius 2 is 2.25 bits per heavy atom. The molecule has 0 spiro atoms. The topological polar surface area (TPSA) is 23.1 Å². The zero-order chi connectivity index (χ0) is 3.58. The molecular formula is H3NaOP2. The first-order valence-corrected chi connectivity index (χ1v) is 2.87. The maximum Gasteiger partial charge on any atom is 1.00 e. The predicted octanol–water partition coefficient (Wildman–Crippen LogP) is -3.27. The summed E-state index contributed by atoms with van der Waals surface area (Å²) in [4.78, 5) is 9.22. The standard InChI is InChI=1S/Na.H3OP2/c;1-3-2/h;3H,2H2/q+1;-1/i;3T. The summed E-state index contributed by atoms with van der Waals surface area (Å²) in [7, 11) is 0.130. The van der Waals surface area contributed by atoms with Crippen LogP contribution >= 0.6 is 17.4 Å².